The molecule has 240 valence electrons. The van der Waals surface area contributed by atoms with Gasteiger partial charge in [0, 0.05) is 20.8 Å². The number of furan rings is 2. The third kappa shape index (κ3) is 5.38. The van der Waals surface area contributed by atoms with Crippen molar-refractivity contribution < 1.29 is 8.83 Å². The first-order chi connectivity index (χ1) is 23.1. The molecule has 6 aromatic heterocycles. The van der Waals surface area contributed by atoms with Crippen LogP contribution in [0.3, 0.4) is 0 Å². The van der Waals surface area contributed by atoms with Crippen LogP contribution in [-0.2, 0) is 13.1 Å². The van der Waals surface area contributed by atoms with Gasteiger partial charge in [-0.05, 0) is 60.7 Å². The van der Waals surface area contributed by atoms with Crippen LogP contribution in [-0.4, -0.2) is 29.5 Å². The highest BCUT2D eigenvalue weighted by Gasteiger charge is 2.17. The molecule has 0 spiro atoms. The molecule has 0 unspecified atom stereocenters. The first kappa shape index (κ1) is 30.5. The second-order valence-corrected chi connectivity index (χ2v) is 11.5. The molecule has 0 bridgehead atoms. The maximum atomic E-state index is 12.7. The lowest BCUT2D eigenvalue weighted by atomic mass is 10.1. The zero-order valence-electron chi connectivity index (χ0n) is 24.3. The minimum absolute atomic E-state index is 0.0229. The summed E-state index contributed by atoms with van der Waals surface area (Å²) in [6.45, 7) is 0.0458. The summed E-state index contributed by atoms with van der Waals surface area (Å²) in [6.07, 6.45) is 2.92. The van der Waals surface area contributed by atoms with E-state index in [9.17, 15) is 28.8 Å². The van der Waals surface area contributed by atoms with Crippen LogP contribution < -0.4 is 33.1 Å². The first-order valence-electron chi connectivity index (χ1n) is 14.1. The van der Waals surface area contributed by atoms with Crippen molar-refractivity contribution >= 4 is 66.8 Å². The molecular weight excluding hydrogens is 667 g/mol. The lowest BCUT2D eigenvalue weighted by molar-refractivity contribution is 0.471. The van der Waals surface area contributed by atoms with Crippen LogP contribution in [0.1, 0.15) is 11.5 Å². The molecule has 8 rings (SSSR count). The van der Waals surface area contributed by atoms with Gasteiger partial charge in [-0.1, -0.05) is 23.2 Å². The molecule has 0 radical (unpaired) electrons. The zero-order chi connectivity index (χ0) is 33.7. The van der Waals surface area contributed by atoms with E-state index in [2.05, 4.69) is 20.2 Å². The molecule has 0 aliphatic heterocycles. The highest BCUT2D eigenvalue weighted by molar-refractivity contribution is 6.31. The maximum absolute atomic E-state index is 12.7. The summed E-state index contributed by atoms with van der Waals surface area (Å²) in [5.74, 6) is 0.965. The molecule has 8 aromatic rings. The number of benzene rings is 2. The van der Waals surface area contributed by atoms with Crippen molar-refractivity contribution in [1.82, 2.24) is 29.5 Å². The smallest absolute Gasteiger partial charge is 0.287 e. The van der Waals surface area contributed by atoms with E-state index in [0.717, 1.165) is 9.36 Å². The second kappa shape index (κ2) is 11.9. The molecule has 0 aliphatic carbocycles. The van der Waals surface area contributed by atoms with Gasteiger partial charge in [-0.15, -0.1) is 0 Å². The molecule has 16 heteroatoms. The number of aromatic nitrogens is 6. The largest absolute Gasteiger partial charge is 0.467 e. The third-order valence-corrected chi connectivity index (χ3v) is 8.03. The van der Waals surface area contributed by atoms with Gasteiger partial charge in [0.05, 0.1) is 23.6 Å². The average molecular weight is 687 g/mol. The maximum Gasteiger partial charge on any atom is 0.287 e. The van der Waals surface area contributed by atoms with Gasteiger partial charge in [0.15, 0.2) is 0 Å². The molecular formula is C32H20Cl2N6O8. The Balaban J connectivity index is 0.000000152. The van der Waals surface area contributed by atoms with E-state index < -0.39 is 33.1 Å². The fourth-order valence-electron chi connectivity index (χ4n) is 5.34. The number of fused-ring (bicyclic) bond motifs is 4. The summed E-state index contributed by atoms with van der Waals surface area (Å²) in [5.41, 5.74) is -2.73. The van der Waals surface area contributed by atoms with Gasteiger partial charge in [0.2, 0.25) is 10.9 Å². The van der Waals surface area contributed by atoms with Crippen molar-refractivity contribution in [3.63, 3.8) is 0 Å². The minimum Gasteiger partial charge on any atom is -0.467 e. The van der Waals surface area contributed by atoms with Gasteiger partial charge in [0.25, 0.3) is 22.2 Å². The number of hydrogen-bond acceptors (Lipinski definition) is 8. The van der Waals surface area contributed by atoms with Crippen LogP contribution >= 0.6 is 23.2 Å². The molecule has 14 nitrogen and oxygen atoms in total. The highest BCUT2D eigenvalue weighted by Crippen LogP contribution is 2.17. The number of nitrogens with zero attached hydrogens (tertiary/aromatic N) is 2. The number of rotatable bonds is 4. The average Bonchev–Trinajstić information content (AvgIpc) is 3.77. The van der Waals surface area contributed by atoms with Crippen molar-refractivity contribution in [1.29, 1.82) is 0 Å². The summed E-state index contributed by atoms with van der Waals surface area (Å²) in [4.78, 5) is 80.9. The summed E-state index contributed by atoms with van der Waals surface area (Å²) < 4.78 is 12.5. The van der Waals surface area contributed by atoms with Crippen LogP contribution in [0.2, 0.25) is 10.0 Å². The minimum atomic E-state index is -0.598. The van der Waals surface area contributed by atoms with E-state index in [1.54, 1.807) is 36.4 Å². The Morgan fingerprint density at radius 3 is 1.38 bits per heavy atom. The van der Waals surface area contributed by atoms with Gasteiger partial charge in [0.1, 0.15) is 46.4 Å². The Morgan fingerprint density at radius 2 is 1.00 bits per heavy atom. The van der Waals surface area contributed by atoms with Gasteiger partial charge in [-0.2, -0.15) is 0 Å². The standard InChI is InChI=1S/2C16H10ClN3O4/c2*17-8-3-4-10-11(6-8)18-13-12(14(10)21)16(23)20(19-15(13)22)7-9-2-1-5-24-9/h2*1-6H,7H2,(H,18,21)(H,19,22). The Bertz CT molecular complexity index is 2700. The Kier molecular flexibility index (Phi) is 7.58. The highest BCUT2D eigenvalue weighted by atomic mass is 35.5. The van der Waals surface area contributed by atoms with Crippen molar-refractivity contribution in [2.24, 2.45) is 0 Å². The van der Waals surface area contributed by atoms with Crippen molar-refractivity contribution in [2.45, 2.75) is 13.1 Å². The monoisotopic (exact) mass is 686 g/mol. The summed E-state index contributed by atoms with van der Waals surface area (Å²) in [7, 11) is 0. The predicted octanol–water partition coefficient (Wildman–Crippen LogP) is 3.65. The summed E-state index contributed by atoms with van der Waals surface area (Å²) >= 11 is 11.8. The lowest BCUT2D eigenvalue weighted by Gasteiger charge is -2.07. The van der Waals surface area contributed by atoms with Gasteiger partial charge in [-0.3, -0.25) is 39.0 Å². The SMILES string of the molecule is O=c1[nH]n(Cc2ccco2)c(=O)c2c(=O)c3ccc(Cl)cc3[nH]c12.O=c1[nH]n(Cc2ccco2)c(=O)c2c(=O)c3ccc(Cl)cc3[nH]c12. The third-order valence-electron chi connectivity index (χ3n) is 7.56. The molecule has 6 heterocycles. The van der Waals surface area contributed by atoms with E-state index >= 15 is 0 Å². The fraction of sp³-hybridized carbons (Fsp3) is 0.0625. The zero-order valence-corrected chi connectivity index (χ0v) is 25.8. The molecule has 0 atom stereocenters. The molecule has 0 aliphatic rings. The lowest BCUT2D eigenvalue weighted by Crippen LogP contribution is -2.33. The topological polar surface area (TPSA) is 202 Å². The Morgan fingerprint density at radius 1 is 0.583 bits per heavy atom. The number of pyridine rings is 2. The van der Waals surface area contributed by atoms with E-state index in [1.165, 1.54) is 36.8 Å². The second-order valence-electron chi connectivity index (χ2n) is 10.6. The number of halogens is 2. The first-order valence-corrected chi connectivity index (χ1v) is 14.9. The van der Waals surface area contributed by atoms with Crippen molar-refractivity contribution in [2.75, 3.05) is 0 Å². The van der Waals surface area contributed by atoms with E-state index in [0.29, 0.717) is 43.4 Å². The summed E-state index contributed by atoms with van der Waals surface area (Å²) in [5, 5.41) is 5.92. The van der Waals surface area contributed by atoms with E-state index in [4.69, 9.17) is 32.0 Å². The molecule has 4 N–H and O–H groups in total. The van der Waals surface area contributed by atoms with Crippen LogP contribution in [0, 0.1) is 0 Å². The molecule has 0 amide bonds. The number of nitrogens with one attached hydrogen (secondary N) is 4. The number of hydrogen-bond donors (Lipinski definition) is 4. The van der Waals surface area contributed by atoms with Gasteiger partial charge in [-0.25, -0.2) is 9.36 Å². The van der Waals surface area contributed by atoms with Crippen LogP contribution in [0.5, 0.6) is 0 Å². The summed E-state index contributed by atoms with van der Waals surface area (Å²) in [6, 6.07) is 15.9. The Hall–Kier alpha value is -6.12. The molecule has 48 heavy (non-hydrogen) atoms. The van der Waals surface area contributed by atoms with Crippen LogP contribution in [0.25, 0.3) is 43.6 Å². The quantitative estimate of drug-likeness (QED) is 0.201. The fourth-order valence-corrected chi connectivity index (χ4v) is 5.69. The van der Waals surface area contributed by atoms with Crippen LogP contribution in [0.4, 0.5) is 0 Å². The normalized spacial score (nSPS) is 11.4. The van der Waals surface area contributed by atoms with Gasteiger partial charge < -0.3 is 18.8 Å². The van der Waals surface area contributed by atoms with Gasteiger partial charge >= 0.3 is 0 Å². The molecule has 0 saturated heterocycles. The van der Waals surface area contributed by atoms with Crippen molar-refractivity contribution in [3.8, 4) is 0 Å². The molecule has 0 saturated carbocycles. The molecule has 0 fully saturated rings. The van der Waals surface area contributed by atoms with Crippen LogP contribution in [0.15, 0.2) is 111 Å². The molecule has 2 aromatic carbocycles. The Labute approximate surface area is 274 Å². The number of H-pyrrole nitrogens is 4. The van der Waals surface area contributed by atoms with Crippen molar-refractivity contribution in [3.05, 3.63) is 157 Å². The predicted molar refractivity (Wildman–Crippen MR) is 180 cm³/mol. The van der Waals surface area contributed by atoms with E-state index in [1.807, 2.05) is 0 Å². The van der Waals surface area contributed by atoms with E-state index in [-0.39, 0.29) is 34.9 Å². The number of aromatic amines is 4.